The van der Waals surface area contributed by atoms with Crippen LogP contribution in [0.5, 0.6) is 0 Å². The van der Waals surface area contributed by atoms with Gasteiger partial charge < -0.3 is 10.2 Å². The number of thioether (sulfide) groups is 1. The summed E-state index contributed by atoms with van der Waals surface area (Å²) >= 11 is 1.49. The molecule has 0 heterocycles. The lowest BCUT2D eigenvalue weighted by Gasteiger charge is -2.31. The van der Waals surface area contributed by atoms with E-state index < -0.39 is 11.9 Å². The molecule has 0 fully saturated rings. The molecule has 0 spiro atoms. The number of aryl methyl sites for hydroxylation is 1. The van der Waals surface area contributed by atoms with E-state index >= 15 is 0 Å². The van der Waals surface area contributed by atoms with Crippen LogP contribution >= 0.6 is 11.8 Å². The first-order valence-corrected chi connectivity index (χ1v) is 12.0. The SMILES string of the molecule is CNC(=O)[C@H](Cc1ccccc1)N(Cc1ccccc1F)C(=O)CSCc1ccc(C)cc1. The predicted molar refractivity (Wildman–Crippen MR) is 132 cm³/mol. The van der Waals surface area contributed by atoms with Crippen LogP contribution in [0.25, 0.3) is 0 Å². The molecule has 33 heavy (non-hydrogen) atoms. The third-order valence-electron chi connectivity index (χ3n) is 5.43. The standard InChI is InChI=1S/C27H29FN2O2S/c1-20-12-14-22(15-13-20)18-33-19-26(31)30(17-23-10-6-7-11-24(23)28)25(27(32)29-2)16-21-8-4-3-5-9-21/h3-15,25H,16-19H2,1-2H3,(H,29,32)/t25-/m0/s1. The Hall–Kier alpha value is -3.12. The fourth-order valence-corrected chi connectivity index (χ4v) is 4.42. The van der Waals surface area contributed by atoms with Crippen molar-refractivity contribution in [2.24, 2.45) is 0 Å². The third-order valence-corrected chi connectivity index (χ3v) is 6.42. The van der Waals surface area contributed by atoms with Gasteiger partial charge in [-0.15, -0.1) is 11.8 Å². The van der Waals surface area contributed by atoms with Crippen molar-refractivity contribution >= 4 is 23.6 Å². The molecule has 0 saturated carbocycles. The van der Waals surface area contributed by atoms with Crippen molar-refractivity contribution in [2.75, 3.05) is 12.8 Å². The van der Waals surface area contributed by atoms with Crippen LogP contribution in [-0.4, -0.2) is 35.6 Å². The average molecular weight is 465 g/mol. The zero-order chi connectivity index (χ0) is 23.6. The van der Waals surface area contributed by atoms with E-state index in [4.69, 9.17) is 0 Å². The molecule has 4 nitrogen and oxygen atoms in total. The number of hydrogen-bond donors (Lipinski definition) is 1. The van der Waals surface area contributed by atoms with Crippen LogP contribution in [-0.2, 0) is 28.3 Å². The third kappa shape index (κ3) is 7.19. The highest BCUT2D eigenvalue weighted by Crippen LogP contribution is 2.19. The highest BCUT2D eigenvalue weighted by molar-refractivity contribution is 7.99. The second kappa shape index (κ2) is 12.2. The molecule has 0 aromatic heterocycles. The van der Waals surface area contributed by atoms with Crippen molar-refractivity contribution in [1.29, 1.82) is 0 Å². The average Bonchev–Trinajstić information content (AvgIpc) is 2.83. The Balaban J connectivity index is 1.81. The number of carbonyl (C=O) groups is 2. The quantitative estimate of drug-likeness (QED) is 0.471. The van der Waals surface area contributed by atoms with E-state index in [0.717, 1.165) is 11.1 Å². The van der Waals surface area contributed by atoms with Gasteiger partial charge in [-0.2, -0.15) is 0 Å². The molecule has 0 saturated heterocycles. The van der Waals surface area contributed by atoms with Crippen LogP contribution in [0.4, 0.5) is 4.39 Å². The topological polar surface area (TPSA) is 49.4 Å². The lowest BCUT2D eigenvalue weighted by Crippen LogP contribution is -2.50. The molecule has 1 atom stereocenters. The maximum absolute atomic E-state index is 14.4. The van der Waals surface area contributed by atoms with E-state index in [1.54, 1.807) is 25.2 Å². The van der Waals surface area contributed by atoms with Crippen molar-refractivity contribution in [1.82, 2.24) is 10.2 Å². The summed E-state index contributed by atoms with van der Waals surface area (Å²) in [7, 11) is 1.55. The van der Waals surface area contributed by atoms with E-state index in [1.165, 1.54) is 28.3 Å². The molecular formula is C27H29FN2O2S. The summed E-state index contributed by atoms with van der Waals surface area (Å²) in [5, 5.41) is 2.67. The number of benzene rings is 3. The Morgan fingerprint density at radius 3 is 2.27 bits per heavy atom. The van der Waals surface area contributed by atoms with Gasteiger partial charge in [0.2, 0.25) is 11.8 Å². The maximum atomic E-state index is 14.4. The Kier molecular flexibility index (Phi) is 9.07. The van der Waals surface area contributed by atoms with E-state index in [0.29, 0.717) is 17.7 Å². The summed E-state index contributed by atoms with van der Waals surface area (Å²) in [6.07, 6.45) is 0.351. The van der Waals surface area contributed by atoms with Gasteiger partial charge in [-0.1, -0.05) is 78.4 Å². The highest BCUT2D eigenvalue weighted by Gasteiger charge is 2.30. The van der Waals surface area contributed by atoms with Crippen LogP contribution in [0.15, 0.2) is 78.9 Å². The lowest BCUT2D eigenvalue weighted by atomic mass is 10.0. The monoisotopic (exact) mass is 464 g/mol. The van der Waals surface area contributed by atoms with Crippen molar-refractivity contribution in [3.63, 3.8) is 0 Å². The second-order valence-corrected chi connectivity index (χ2v) is 8.90. The fraction of sp³-hybridized carbons (Fsp3) is 0.259. The van der Waals surface area contributed by atoms with E-state index in [-0.39, 0.29) is 24.1 Å². The first-order chi connectivity index (χ1) is 16.0. The number of nitrogens with zero attached hydrogens (tertiary/aromatic N) is 1. The minimum Gasteiger partial charge on any atom is -0.357 e. The van der Waals surface area contributed by atoms with Gasteiger partial charge >= 0.3 is 0 Å². The molecule has 0 radical (unpaired) electrons. The molecule has 0 unspecified atom stereocenters. The van der Waals surface area contributed by atoms with Gasteiger partial charge in [0.1, 0.15) is 11.9 Å². The zero-order valence-corrected chi connectivity index (χ0v) is 19.8. The number of halogens is 1. The Morgan fingerprint density at radius 1 is 0.939 bits per heavy atom. The fourth-order valence-electron chi connectivity index (χ4n) is 3.55. The molecule has 2 amide bonds. The highest BCUT2D eigenvalue weighted by atomic mass is 32.2. The van der Waals surface area contributed by atoms with Gasteiger partial charge in [0, 0.05) is 31.3 Å². The Bertz CT molecular complexity index is 1060. The number of hydrogen-bond acceptors (Lipinski definition) is 3. The molecule has 0 bridgehead atoms. The number of carbonyl (C=O) groups excluding carboxylic acids is 2. The normalized spacial score (nSPS) is 11.6. The molecule has 0 aliphatic heterocycles. The first-order valence-electron chi connectivity index (χ1n) is 10.9. The van der Waals surface area contributed by atoms with Gasteiger partial charge in [-0.3, -0.25) is 9.59 Å². The van der Waals surface area contributed by atoms with Gasteiger partial charge in [-0.25, -0.2) is 4.39 Å². The Morgan fingerprint density at radius 2 is 1.61 bits per heavy atom. The molecule has 0 aliphatic rings. The zero-order valence-electron chi connectivity index (χ0n) is 19.0. The van der Waals surface area contributed by atoms with Gasteiger partial charge in [0.05, 0.1) is 5.75 Å². The predicted octanol–water partition coefficient (Wildman–Crippen LogP) is 4.75. The van der Waals surface area contributed by atoms with Crippen LogP contribution in [0.1, 0.15) is 22.3 Å². The first kappa shape index (κ1) is 24.5. The summed E-state index contributed by atoms with van der Waals surface area (Å²) in [6, 6.07) is 23.4. The summed E-state index contributed by atoms with van der Waals surface area (Å²) in [6.45, 7) is 2.06. The Labute approximate surface area is 199 Å². The van der Waals surface area contributed by atoms with Crippen LogP contribution in [0.3, 0.4) is 0 Å². The smallest absolute Gasteiger partial charge is 0.242 e. The molecule has 6 heteroatoms. The van der Waals surface area contributed by atoms with Crippen molar-refractivity contribution < 1.29 is 14.0 Å². The van der Waals surface area contributed by atoms with Gasteiger partial charge in [-0.05, 0) is 24.1 Å². The molecule has 3 rings (SSSR count). The summed E-state index contributed by atoms with van der Waals surface area (Å²) in [5.74, 6) is 0.0259. The summed E-state index contributed by atoms with van der Waals surface area (Å²) in [4.78, 5) is 27.7. The van der Waals surface area contributed by atoms with Gasteiger partial charge in [0.25, 0.3) is 0 Å². The number of nitrogens with one attached hydrogen (secondary N) is 1. The molecule has 3 aromatic rings. The van der Waals surface area contributed by atoms with E-state index in [2.05, 4.69) is 5.32 Å². The second-order valence-electron chi connectivity index (χ2n) is 7.91. The molecule has 3 aromatic carbocycles. The van der Waals surface area contributed by atoms with Crippen LogP contribution in [0, 0.1) is 12.7 Å². The molecular weight excluding hydrogens is 435 g/mol. The number of likely N-dealkylation sites (N-methyl/N-ethyl adjacent to an activating group) is 1. The van der Waals surface area contributed by atoms with Crippen molar-refractivity contribution in [2.45, 2.75) is 31.7 Å². The summed E-state index contributed by atoms with van der Waals surface area (Å²) < 4.78 is 14.4. The van der Waals surface area contributed by atoms with Crippen LogP contribution in [0.2, 0.25) is 0 Å². The maximum Gasteiger partial charge on any atom is 0.242 e. The van der Waals surface area contributed by atoms with E-state index in [9.17, 15) is 14.0 Å². The molecule has 172 valence electrons. The van der Waals surface area contributed by atoms with Crippen molar-refractivity contribution in [3.8, 4) is 0 Å². The minimum absolute atomic E-state index is 0.0293. The number of amides is 2. The van der Waals surface area contributed by atoms with Crippen molar-refractivity contribution in [3.05, 3.63) is 107 Å². The van der Waals surface area contributed by atoms with E-state index in [1.807, 2.05) is 61.5 Å². The lowest BCUT2D eigenvalue weighted by molar-refractivity contribution is -0.139. The van der Waals surface area contributed by atoms with Crippen LogP contribution < -0.4 is 5.32 Å². The largest absolute Gasteiger partial charge is 0.357 e. The number of rotatable bonds is 10. The van der Waals surface area contributed by atoms with Gasteiger partial charge in [0.15, 0.2) is 0 Å². The minimum atomic E-state index is -0.746. The molecule has 0 aliphatic carbocycles. The molecule has 1 N–H and O–H groups in total. The summed E-state index contributed by atoms with van der Waals surface area (Å²) in [5.41, 5.74) is 3.64.